The van der Waals surface area contributed by atoms with Gasteiger partial charge in [0.2, 0.25) is 0 Å². The number of benzene rings is 3. The highest BCUT2D eigenvalue weighted by Crippen LogP contribution is 2.20. The van der Waals surface area contributed by atoms with Crippen molar-refractivity contribution in [3.05, 3.63) is 89.7 Å². The van der Waals surface area contributed by atoms with Crippen molar-refractivity contribution in [3.8, 4) is 11.5 Å². The number of ether oxygens (including phenoxy) is 2. The van der Waals surface area contributed by atoms with Crippen molar-refractivity contribution in [3.63, 3.8) is 0 Å². The smallest absolute Gasteiger partial charge is 0.147 e. The fourth-order valence-corrected chi connectivity index (χ4v) is 3.57. The number of aryl methyl sites for hydroxylation is 3. The third-order valence-corrected chi connectivity index (χ3v) is 5.22. The first-order valence-electron chi connectivity index (χ1n) is 10.6. The van der Waals surface area contributed by atoms with Crippen molar-refractivity contribution in [1.29, 1.82) is 0 Å². The van der Waals surface area contributed by atoms with Gasteiger partial charge in [-0.3, -0.25) is 0 Å². The van der Waals surface area contributed by atoms with E-state index in [0.29, 0.717) is 13.2 Å². The monoisotopic (exact) mass is 400 g/mol. The second-order valence-electron chi connectivity index (χ2n) is 7.47. The zero-order chi connectivity index (χ0) is 20.8. The summed E-state index contributed by atoms with van der Waals surface area (Å²) in [7, 11) is 0. The third-order valence-electron chi connectivity index (χ3n) is 5.22. The molecule has 0 N–H and O–H groups in total. The Morgan fingerprint density at radius 1 is 0.867 bits per heavy atom. The zero-order valence-corrected chi connectivity index (χ0v) is 17.7. The molecular weight excluding hydrogens is 372 g/mol. The summed E-state index contributed by atoms with van der Waals surface area (Å²) in [6.45, 7) is 6.16. The zero-order valence-electron chi connectivity index (χ0n) is 17.7. The minimum Gasteiger partial charge on any atom is -0.494 e. The molecule has 4 rings (SSSR count). The topological polar surface area (TPSA) is 36.3 Å². The molecule has 154 valence electrons. The van der Waals surface area contributed by atoms with Gasteiger partial charge in [-0.05, 0) is 67.3 Å². The maximum atomic E-state index is 6.03. The van der Waals surface area contributed by atoms with Gasteiger partial charge in [-0.1, -0.05) is 43.3 Å². The van der Waals surface area contributed by atoms with Gasteiger partial charge in [-0.15, -0.1) is 0 Å². The summed E-state index contributed by atoms with van der Waals surface area (Å²) >= 11 is 0. The molecule has 0 aliphatic carbocycles. The Kier molecular flexibility index (Phi) is 6.33. The highest BCUT2D eigenvalue weighted by atomic mass is 16.5. The summed E-state index contributed by atoms with van der Waals surface area (Å²) in [5.41, 5.74) is 4.64. The largest absolute Gasteiger partial charge is 0.494 e. The van der Waals surface area contributed by atoms with Crippen molar-refractivity contribution in [2.75, 3.05) is 6.61 Å². The maximum absolute atomic E-state index is 6.03. The van der Waals surface area contributed by atoms with Crippen LogP contribution in [-0.2, 0) is 19.6 Å². The number of hydrogen-bond acceptors (Lipinski definition) is 3. The Morgan fingerprint density at radius 3 is 2.50 bits per heavy atom. The number of hydrogen-bond donors (Lipinski definition) is 0. The van der Waals surface area contributed by atoms with E-state index in [1.807, 2.05) is 42.5 Å². The summed E-state index contributed by atoms with van der Waals surface area (Å²) in [6.07, 6.45) is 1.94. The summed E-state index contributed by atoms with van der Waals surface area (Å²) < 4.78 is 14.2. The van der Waals surface area contributed by atoms with Crippen LogP contribution in [0.5, 0.6) is 11.5 Å². The average molecular weight is 401 g/mol. The van der Waals surface area contributed by atoms with Gasteiger partial charge in [-0.25, -0.2) is 4.98 Å². The Balaban J connectivity index is 1.41. The van der Waals surface area contributed by atoms with Crippen LogP contribution in [0.1, 0.15) is 30.3 Å². The predicted octanol–water partition coefficient (Wildman–Crippen LogP) is 5.96. The second kappa shape index (κ2) is 9.49. The first-order chi connectivity index (χ1) is 14.7. The molecule has 0 aliphatic heterocycles. The van der Waals surface area contributed by atoms with Crippen LogP contribution in [0.15, 0.2) is 72.8 Å². The van der Waals surface area contributed by atoms with Crippen LogP contribution in [0.4, 0.5) is 0 Å². The van der Waals surface area contributed by atoms with Gasteiger partial charge in [0.1, 0.15) is 23.9 Å². The highest BCUT2D eigenvalue weighted by molar-refractivity contribution is 5.75. The van der Waals surface area contributed by atoms with E-state index in [4.69, 9.17) is 14.5 Å². The minimum atomic E-state index is 0.442. The molecule has 0 bridgehead atoms. The molecule has 3 aromatic carbocycles. The van der Waals surface area contributed by atoms with Crippen LogP contribution in [0, 0.1) is 6.92 Å². The first kappa shape index (κ1) is 20.0. The highest BCUT2D eigenvalue weighted by Gasteiger charge is 2.11. The fourth-order valence-electron chi connectivity index (χ4n) is 3.57. The van der Waals surface area contributed by atoms with Crippen molar-refractivity contribution in [1.82, 2.24) is 9.55 Å². The number of nitrogens with zero attached hydrogens (tertiary/aromatic N) is 2. The quantitative estimate of drug-likeness (QED) is 0.326. The molecule has 0 atom stereocenters. The van der Waals surface area contributed by atoms with Crippen LogP contribution in [-0.4, -0.2) is 16.2 Å². The van der Waals surface area contributed by atoms with E-state index in [1.54, 1.807) is 0 Å². The van der Waals surface area contributed by atoms with Crippen LogP contribution in [0.25, 0.3) is 11.0 Å². The lowest BCUT2D eigenvalue weighted by Gasteiger charge is -2.12. The van der Waals surface area contributed by atoms with Crippen LogP contribution < -0.4 is 9.47 Å². The minimum absolute atomic E-state index is 0.442. The molecule has 4 nitrogen and oxygen atoms in total. The predicted molar refractivity (Wildman–Crippen MR) is 121 cm³/mol. The summed E-state index contributed by atoms with van der Waals surface area (Å²) in [6, 6.07) is 24.7. The average Bonchev–Trinajstić information content (AvgIpc) is 3.13. The Labute approximate surface area is 178 Å². The molecule has 0 fully saturated rings. The van der Waals surface area contributed by atoms with Gasteiger partial charge < -0.3 is 14.0 Å². The Hall–Kier alpha value is -3.27. The Morgan fingerprint density at radius 2 is 1.70 bits per heavy atom. The van der Waals surface area contributed by atoms with E-state index in [9.17, 15) is 0 Å². The van der Waals surface area contributed by atoms with Crippen LogP contribution in [0.3, 0.4) is 0 Å². The number of fused-ring (bicyclic) bond motifs is 1. The van der Waals surface area contributed by atoms with E-state index in [0.717, 1.165) is 47.7 Å². The summed E-state index contributed by atoms with van der Waals surface area (Å²) in [5.74, 6) is 2.73. The lowest BCUT2D eigenvalue weighted by Crippen LogP contribution is -2.10. The lowest BCUT2D eigenvalue weighted by atomic mass is 10.2. The molecule has 4 aromatic rings. The molecule has 30 heavy (non-hydrogen) atoms. The van der Waals surface area contributed by atoms with E-state index in [1.165, 1.54) is 11.1 Å². The van der Waals surface area contributed by atoms with Crippen molar-refractivity contribution >= 4 is 11.0 Å². The second-order valence-corrected chi connectivity index (χ2v) is 7.47. The number of imidazole rings is 1. The summed E-state index contributed by atoms with van der Waals surface area (Å²) in [4.78, 5) is 4.80. The first-order valence-corrected chi connectivity index (χ1v) is 10.6. The Bertz CT molecular complexity index is 1100. The molecule has 0 saturated heterocycles. The SMILES string of the molecule is CCc1ccc(OCCCn2c(COc3cccc(C)c3)nc3ccccc32)cc1. The molecule has 0 radical (unpaired) electrons. The molecular formula is C26H28N2O2. The van der Waals surface area contributed by atoms with Gasteiger partial charge in [0.15, 0.2) is 0 Å². The van der Waals surface area contributed by atoms with Gasteiger partial charge >= 0.3 is 0 Å². The van der Waals surface area contributed by atoms with Crippen molar-refractivity contribution in [2.45, 2.75) is 39.8 Å². The molecule has 0 spiro atoms. The van der Waals surface area contributed by atoms with E-state index < -0.39 is 0 Å². The lowest BCUT2D eigenvalue weighted by molar-refractivity contribution is 0.280. The van der Waals surface area contributed by atoms with Crippen LogP contribution >= 0.6 is 0 Å². The number of aromatic nitrogens is 2. The van der Waals surface area contributed by atoms with Gasteiger partial charge in [-0.2, -0.15) is 0 Å². The molecule has 0 amide bonds. The van der Waals surface area contributed by atoms with E-state index in [2.05, 4.69) is 48.7 Å². The maximum Gasteiger partial charge on any atom is 0.147 e. The van der Waals surface area contributed by atoms with Crippen LogP contribution in [0.2, 0.25) is 0 Å². The van der Waals surface area contributed by atoms with Gasteiger partial charge in [0, 0.05) is 6.54 Å². The molecule has 0 aliphatic rings. The normalized spacial score (nSPS) is 11.0. The van der Waals surface area contributed by atoms with Crippen molar-refractivity contribution < 1.29 is 9.47 Å². The van der Waals surface area contributed by atoms with Gasteiger partial charge in [0.25, 0.3) is 0 Å². The third kappa shape index (κ3) is 4.82. The molecule has 4 heteroatoms. The van der Waals surface area contributed by atoms with E-state index >= 15 is 0 Å². The number of rotatable bonds is 9. The van der Waals surface area contributed by atoms with Gasteiger partial charge in [0.05, 0.1) is 17.6 Å². The summed E-state index contributed by atoms with van der Waals surface area (Å²) in [5, 5.41) is 0. The standard InChI is InChI=1S/C26H28N2O2/c1-3-21-12-14-22(15-13-21)29-17-7-16-28-25-11-5-4-10-24(25)27-26(28)19-30-23-9-6-8-20(2)18-23/h4-6,8-15,18H,3,7,16-17,19H2,1-2H3. The molecule has 0 unspecified atom stereocenters. The van der Waals surface area contributed by atoms with E-state index in [-0.39, 0.29) is 0 Å². The fraction of sp³-hybridized carbons (Fsp3) is 0.269. The molecule has 1 heterocycles. The molecule has 0 saturated carbocycles. The van der Waals surface area contributed by atoms with Crippen molar-refractivity contribution in [2.24, 2.45) is 0 Å². The molecule has 1 aromatic heterocycles. The number of para-hydroxylation sites is 2.